The lowest BCUT2D eigenvalue weighted by Gasteiger charge is -2.34. The molecular weight excluding hydrogens is 386 g/mol. The first kappa shape index (κ1) is 15.8. The lowest BCUT2D eigenvalue weighted by molar-refractivity contribution is -0.122. The molecule has 1 aromatic heterocycles. The molecule has 2 heterocycles. The Balaban J connectivity index is 1.72. The quantitative estimate of drug-likeness (QED) is 0.803. The van der Waals surface area contributed by atoms with Gasteiger partial charge in [-0.25, -0.2) is 0 Å². The maximum atomic E-state index is 12.9. The first-order valence-corrected chi connectivity index (χ1v) is 9.64. The van der Waals surface area contributed by atoms with Gasteiger partial charge in [0.15, 0.2) is 5.78 Å². The normalized spacial score (nSPS) is 23.9. The minimum absolute atomic E-state index is 0.00120. The first-order valence-electron chi connectivity index (χ1n) is 7.97. The van der Waals surface area contributed by atoms with Crippen LogP contribution < -0.4 is 5.32 Å². The number of rotatable bonds is 2. The highest BCUT2D eigenvalue weighted by Gasteiger charge is 2.38. The van der Waals surface area contributed by atoms with Crippen molar-refractivity contribution in [1.29, 1.82) is 0 Å². The summed E-state index contributed by atoms with van der Waals surface area (Å²) < 4.78 is 0.994. The number of allylic oxidation sites excluding steroid dienone is 2. The molecule has 1 aromatic carbocycles. The van der Waals surface area contributed by atoms with E-state index in [1.807, 2.05) is 35.7 Å². The molecule has 4 rings (SSSR count). The van der Waals surface area contributed by atoms with Crippen LogP contribution in [0, 0.1) is 0 Å². The van der Waals surface area contributed by atoms with E-state index in [-0.39, 0.29) is 23.5 Å². The highest BCUT2D eigenvalue weighted by atomic mass is 79.9. The van der Waals surface area contributed by atoms with Crippen molar-refractivity contribution >= 4 is 39.0 Å². The summed E-state index contributed by atoms with van der Waals surface area (Å²) in [6.45, 7) is 0. The minimum atomic E-state index is -0.126. The molecule has 2 aromatic rings. The molecule has 1 aliphatic carbocycles. The second-order valence-electron chi connectivity index (χ2n) is 6.29. The van der Waals surface area contributed by atoms with E-state index in [1.165, 1.54) is 4.88 Å². The van der Waals surface area contributed by atoms with Gasteiger partial charge in [0.2, 0.25) is 5.91 Å². The van der Waals surface area contributed by atoms with Gasteiger partial charge in [0.1, 0.15) is 0 Å². The number of benzene rings is 1. The maximum absolute atomic E-state index is 12.9. The number of hydrogen-bond donors (Lipinski definition) is 1. The number of carbonyl (C=O) groups is 2. The monoisotopic (exact) mass is 401 g/mol. The van der Waals surface area contributed by atoms with Crippen molar-refractivity contribution in [2.75, 3.05) is 0 Å². The zero-order valence-corrected chi connectivity index (χ0v) is 15.3. The fourth-order valence-corrected chi connectivity index (χ4v) is 4.76. The predicted octanol–water partition coefficient (Wildman–Crippen LogP) is 4.51. The standard InChI is InChI=1S/C19H16BrNO2S/c20-13-5-3-11(4-6-13)14-10-18(23)21-15-8-12(9-16(22)19(14)15)17-2-1-7-24-17/h1-7,12,14H,8-10H2,(H,21,23). The lowest BCUT2D eigenvalue weighted by Crippen LogP contribution is -2.38. The molecule has 2 unspecified atom stereocenters. The van der Waals surface area contributed by atoms with Gasteiger partial charge in [0.05, 0.1) is 0 Å². The van der Waals surface area contributed by atoms with Crippen LogP contribution in [-0.4, -0.2) is 11.7 Å². The summed E-state index contributed by atoms with van der Waals surface area (Å²) in [6.07, 6.45) is 1.61. The Morgan fingerprint density at radius 3 is 2.54 bits per heavy atom. The summed E-state index contributed by atoms with van der Waals surface area (Å²) in [6, 6.07) is 12.0. The van der Waals surface area contributed by atoms with E-state index in [4.69, 9.17) is 0 Å². The van der Waals surface area contributed by atoms with Crippen molar-refractivity contribution in [3.63, 3.8) is 0 Å². The summed E-state index contributed by atoms with van der Waals surface area (Å²) in [5.41, 5.74) is 2.67. The zero-order chi connectivity index (χ0) is 16.7. The van der Waals surface area contributed by atoms with Gasteiger partial charge in [-0.1, -0.05) is 34.1 Å². The molecule has 122 valence electrons. The Morgan fingerprint density at radius 1 is 1.04 bits per heavy atom. The molecule has 0 saturated carbocycles. The van der Waals surface area contributed by atoms with Gasteiger partial charge in [-0.3, -0.25) is 9.59 Å². The number of ketones is 1. The van der Waals surface area contributed by atoms with Gasteiger partial charge in [-0.2, -0.15) is 0 Å². The molecule has 0 bridgehead atoms. The summed E-state index contributed by atoms with van der Waals surface area (Å²) in [5, 5.41) is 5.00. The van der Waals surface area contributed by atoms with Crippen molar-refractivity contribution in [2.45, 2.75) is 31.1 Å². The summed E-state index contributed by atoms with van der Waals surface area (Å²) >= 11 is 5.11. The van der Waals surface area contributed by atoms with E-state index in [9.17, 15) is 9.59 Å². The van der Waals surface area contributed by atoms with E-state index in [0.717, 1.165) is 27.7 Å². The highest BCUT2D eigenvalue weighted by molar-refractivity contribution is 9.10. The number of halogens is 1. The van der Waals surface area contributed by atoms with Gasteiger partial charge in [0.25, 0.3) is 0 Å². The summed E-state index contributed by atoms with van der Waals surface area (Å²) in [5.74, 6) is 0.225. The smallest absolute Gasteiger partial charge is 0.225 e. The van der Waals surface area contributed by atoms with Crippen molar-refractivity contribution in [3.05, 3.63) is 68.0 Å². The molecular formula is C19H16BrNO2S. The van der Waals surface area contributed by atoms with Gasteiger partial charge in [0, 0.05) is 45.3 Å². The molecule has 0 fully saturated rings. The van der Waals surface area contributed by atoms with Gasteiger partial charge in [-0.15, -0.1) is 11.3 Å². The second kappa shape index (κ2) is 6.30. The molecule has 1 aliphatic heterocycles. The van der Waals surface area contributed by atoms with Crippen LogP contribution in [0.15, 0.2) is 57.5 Å². The van der Waals surface area contributed by atoms with Gasteiger partial charge >= 0.3 is 0 Å². The van der Waals surface area contributed by atoms with Crippen LogP contribution in [0.5, 0.6) is 0 Å². The zero-order valence-electron chi connectivity index (χ0n) is 12.9. The lowest BCUT2D eigenvalue weighted by atomic mass is 9.75. The first-order chi connectivity index (χ1) is 11.6. The summed E-state index contributed by atoms with van der Waals surface area (Å²) in [4.78, 5) is 26.3. The predicted molar refractivity (Wildman–Crippen MR) is 98.0 cm³/mol. The molecule has 0 saturated heterocycles. The average molecular weight is 402 g/mol. The van der Waals surface area contributed by atoms with Crippen molar-refractivity contribution in [1.82, 2.24) is 5.32 Å². The van der Waals surface area contributed by atoms with E-state index in [0.29, 0.717) is 12.8 Å². The molecule has 2 atom stereocenters. The van der Waals surface area contributed by atoms with E-state index in [2.05, 4.69) is 27.3 Å². The van der Waals surface area contributed by atoms with Crippen molar-refractivity contribution in [2.24, 2.45) is 0 Å². The molecule has 2 aliphatic rings. The van der Waals surface area contributed by atoms with E-state index >= 15 is 0 Å². The van der Waals surface area contributed by atoms with Crippen LogP contribution in [0.4, 0.5) is 0 Å². The number of hydrogen-bond acceptors (Lipinski definition) is 3. The third-order valence-corrected chi connectivity index (χ3v) is 6.32. The van der Waals surface area contributed by atoms with Crippen LogP contribution in [0.1, 0.15) is 41.5 Å². The third kappa shape index (κ3) is 2.87. The Labute approximate surface area is 152 Å². The molecule has 5 heteroatoms. The van der Waals surface area contributed by atoms with Crippen LogP contribution in [0.2, 0.25) is 0 Å². The maximum Gasteiger partial charge on any atom is 0.225 e. The Bertz CT molecular complexity index is 824. The van der Waals surface area contributed by atoms with Crippen molar-refractivity contribution < 1.29 is 9.59 Å². The highest BCUT2D eigenvalue weighted by Crippen LogP contribution is 2.43. The molecule has 1 N–H and O–H groups in total. The minimum Gasteiger partial charge on any atom is -0.329 e. The Morgan fingerprint density at radius 2 is 1.83 bits per heavy atom. The van der Waals surface area contributed by atoms with Crippen LogP contribution in [-0.2, 0) is 9.59 Å². The van der Waals surface area contributed by atoms with Gasteiger partial charge in [-0.05, 0) is 35.6 Å². The second-order valence-corrected chi connectivity index (χ2v) is 8.19. The van der Waals surface area contributed by atoms with Crippen LogP contribution in [0.3, 0.4) is 0 Å². The summed E-state index contributed by atoms with van der Waals surface area (Å²) in [7, 11) is 0. The number of thiophene rings is 1. The number of nitrogens with one attached hydrogen (secondary N) is 1. The molecule has 3 nitrogen and oxygen atoms in total. The SMILES string of the molecule is O=C1CC(c2ccc(Br)cc2)C2=C(CC(c3cccs3)CC2=O)N1. The van der Waals surface area contributed by atoms with Gasteiger partial charge < -0.3 is 5.32 Å². The number of carbonyl (C=O) groups excluding carboxylic acids is 2. The van der Waals surface area contributed by atoms with Crippen LogP contribution in [0.25, 0.3) is 0 Å². The molecule has 24 heavy (non-hydrogen) atoms. The fraction of sp³-hybridized carbons (Fsp3) is 0.263. The largest absolute Gasteiger partial charge is 0.329 e. The average Bonchev–Trinajstić information content (AvgIpc) is 3.09. The number of amides is 1. The molecule has 0 spiro atoms. The topological polar surface area (TPSA) is 46.2 Å². The fourth-order valence-electron chi connectivity index (χ4n) is 3.66. The van der Waals surface area contributed by atoms with Crippen molar-refractivity contribution in [3.8, 4) is 0 Å². The molecule has 1 amide bonds. The third-order valence-electron chi connectivity index (χ3n) is 4.75. The van der Waals surface area contributed by atoms with E-state index in [1.54, 1.807) is 11.3 Å². The van der Waals surface area contributed by atoms with Crippen LogP contribution >= 0.6 is 27.3 Å². The molecule has 0 radical (unpaired) electrons. The number of Topliss-reactive ketones (excluding diaryl/α,β-unsaturated/α-hetero) is 1. The Hall–Kier alpha value is -1.72. The van der Waals surface area contributed by atoms with E-state index < -0.39 is 0 Å². The Kier molecular flexibility index (Phi) is 4.14.